The molecule has 1 aliphatic rings. The molecule has 0 spiro atoms. The molecule has 0 unspecified atom stereocenters. The molecule has 0 aliphatic heterocycles. The third-order valence-corrected chi connectivity index (χ3v) is 4.02. The number of aromatic nitrogens is 2. The number of H-pyrrole nitrogens is 1. The average molecular weight is 392 g/mol. The predicted octanol–water partition coefficient (Wildman–Crippen LogP) is 6.07. The zero-order chi connectivity index (χ0) is 21.2. The molecule has 5 nitrogen and oxygen atoms in total. The number of aliphatic imine (C=N–C) groups is 1. The van der Waals surface area contributed by atoms with E-state index in [2.05, 4.69) is 34.7 Å². The van der Waals surface area contributed by atoms with Gasteiger partial charge in [-0.2, -0.15) is 0 Å². The van der Waals surface area contributed by atoms with Crippen molar-refractivity contribution in [2.75, 3.05) is 6.61 Å². The van der Waals surface area contributed by atoms with Crippen molar-refractivity contribution in [2.45, 2.75) is 33.3 Å². The Morgan fingerprint density at radius 1 is 1.31 bits per heavy atom. The van der Waals surface area contributed by atoms with Crippen molar-refractivity contribution >= 4 is 23.7 Å². The Labute approximate surface area is 173 Å². The maximum absolute atomic E-state index is 6.05. The second kappa shape index (κ2) is 10.9. The molecular weight excluding hydrogens is 362 g/mol. The van der Waals surface area contributed by atoms with E-state index in [0.29, 0.717) is 24.7 Å². The van der Waals surface area contributed by atoms with Gasteiger partial charge in [0.25, 0.3) is 0 Å². The van der Waals surface area contributed by atoms with Gasteiger partial charge in [-0.1, -0.05) is 38.0 Å². The maximum atomic E-state index is 6.05. The first-order valence-electron chi connectivity index (χ1n) is 9.58. The van der Waals surface area contributed by atoms with Crippen LogP contribution >= 0.6 is 0 Å². The van der Waals surface area contributed by atoms with Gasteiger partial charge in [0.2, 0.25) is 0 Å². The summed E-state index contributed by atoms with van der Waals surface area (Å²) in [5.41, 5.74) is 2.65. The SMILES string of the molecule is C=C/C=C(\C=C)COC1=CCC(c2nc(/N=C\C)c(C=C)[nH]2)=C(OC(C)C)C=C1. The van der Waals surface area contributed by atoms with Gasteiger partial charge >= 0.3 is 0 Å². The Balaban J connectivity index is 2.34. The Bertz CT molecular complexity index is 909. The fraction of sp³-hybridized carbons (Fsp3) is 0.250. The number of imidazole rings is 1. The van der Waals surface area contributed by atoms with Crippen LogP contribution in [0.4, 0.5) is 5.82 Å². The van der Waals surface area contributed by atoms with Crippen LogP contribution in [-0.2, 0) is 9.47 Å². The topological polar surface area (TPSA) is 59.5 Å². The van der Waals surface area contributed by atoms with E-state index in [1.165, 1.54) is 0 Å². The average Bonchev–Trinajstić information content (AvgIpc) is 2.99. The van der Waals surface area contributed by atoms with E-state index < -0.39 is 0 Å². The molecule has 0 aromatic carbocycles. The standard InChI is InChI=1S/C24H29N3O2/c1-7-11-18(8-2)16-28-19-12-14-20(22(15-13-19)29-17(5)6)23-26-21(9-3)24(27-23)25-10-4/h7-13,15,17H,1-3,14,16H2,4-6H3,(H,26,27)/b18-11+,25-10-. The summed E-state index contributed by atoms with van der Waals surface area (Å²) in [6, 6.07) is 0. The van der Waals surface area contributed by atoms with Crippen LogP contribution in [0.2, 0.25) is 0 Å². The van der Waals surface area contributed by atoms with Gasteiger partial charge < -0.3 is 14.5 Å². The lowest BCUT2D eigenvalue weighted by Gasteiger charge is -2.13. The van der Waals surface area contributed by atoms with Crippen molar-refractivity contribution in [3.63, 3.8) is 0 Å². The highest BCUT2D eigenvalue weighted by Crippen LogP contribution is 2.30. The van der Waals surface area contributed by atoms with E-state index in [0.717, 1.165) is 28.4 Å². The van der Waals surface area contributed by atoms with E-state index in [1.807, 2.05) is 45.1 Å². The molecule has 0 atom stereocenters. The number of ether oxygens (including phenoxy) is 2. The second-order valence-corrected chi connectivity index (χ2v) is 6.54. The third kappa shape index (κ3) is 6.07. The molecule has 1 aliphatic carbocycles. The summed E-state index contributed by atoms with van der Waals surface area (Å²) in [6.07, 6.45) is 15.2. The lowest BCUT2D eigenvalue weighted by molar-refractivity contribution is 0.159. The second-order valence-electron chi connectivity index (χ2n) is 6.54. The van der Waals surface area contributed by atoms with E-state index in [1.54, 1.807) is 24.4 Å². The number of nitrogens with zero attached hydrogens (tertiary/aromatic N) is 2. The quantitative estimate of drug-likeness (QED) is 0.389. The number of hydrogen-bond donors (Lipinski definition) is 1. The minimum absolute atomic E-state index is 0.0250. The normalized spacial score (nSPS) is 14.8. The fourth-order valence-corrected chi connectivity index (χ4v) is 2.69. The van der Waals surface area contributed by atoms with Gasteiger partial charge in [-0.05, 0) is 50.6 Å². The molecular formula is C24H29N3O2. The monoisotopic (exact) mass is 391 g/mol. The van der Waals surface area contributed by atoms with Crippen LogP contribution in [0, 0.1) is 0 Å². The lowest BCUT2D eigenvalue weighted by Crippen LogP contribution is -2.04. The van der Waals surface area contributed by atoms with E-state index in [4.69, 9.17) is 9.47 Å². The summed E-state index contributed by atoms with van der Waals surface area (Å²) in [4.78, 5) is 12.2. The van der Waals surface area contributed by atoms with Gasteiger partial charge in [-0.3, -0.25) is 0 Å². The van der Waals surface area contributed by atoms with Crippen molar-refractivity contribution in [1.82, 2.24) is 9.97 Å². The number of aromatic amines is 1. The summed E-state index contributed by atoms with van der Waals surface area (Å²) in [5.74, 6) is 2.81. The minimum atomic E-state index is 0.0250. The Morgan fingerprint density at radius 3 is 2.72 bits per heavy atom. The number of rotatable bonds is 10. The van der Waals surface area contributed by atoms with E-state index in [9.17, 15) is 0 Å². The summed E-state index contributed by atoms with van der Waals surface area (Å²) < 4.78 is 12.0. The summed E-state index contributed by atoms with van der Waals surface area (Å²) >= 11 is 0. The van der Waals surface area contributed by atoms with Crippen molar-refractivity contribution in [1.29, 1.82) is 0 Å². The van der Waals surface area contributed by atoms with Crippen molar-refractivity contribution in [3.8, 4) is 0 Å². The zero-order valence-electron chi connectivity index (χ0n) is 17.4. The number of hydrogen-bond acceptors (Lipinski definition) is 4. The first-order chi connectivity index (χ1) is 14.0. The molecule has 152 valence electrons. The molecule has 1 N–H and O–H groups in total. The Hall–Kier alpha value is -3.34. The maximum Gasteiger partial charge on any atom is 0.177 e. The number of allylic oxidation sites excluding steroid dienone is 6. The fourth-order valence-electron chi connectivity index (χ4n) is 2.69. The van der Waals surface area contributed by atoms with Gasteiger partial charge in [0.1, 0.15) is 23.9 Å². The van der Waals surface area contributed by atoms with Crippen molar-refractivity contribution in [3.05, 3.63) is 84.8 Å². The van der Waals surface area contributed by atoms with Crippen LogP contribution in [0.1, 0.15) is 38.7 Å². The molecule has 0 saturated carbocycles. The zero-order valence-corrected chi connectivity index (χ0v) is 17.4. The van der Waals surface area contributed by atoms with Crippen LogP contribution in [-0.4, -0.2) is 28.9 Å². The van der Waals surface area contributed by atoms with Gasteiger partial charge in [-0.15, -0.1) is 0 Å². The highest BCUT2D eigenvalue weighted by Gasteiger charge is 2.18. The summed E-state index contributed by atoms with van der Waals surface area (Å²) in [7, 11) is 0. The van der Waals surface area contributed by atoms with E-state index >= 15 is 0 Å². The molecule has 0 fully saturated rings. The molecule has 29 heavy (non-hydrogen) atoms. The lowest BCUT2D eigenvalue weighted by atomic mass is 10.1. The molecule has 0 radical (unpaired) electrons. The van der Waals surface area contributed by atoms with Gasteiger partial charge in [0.15, 0.2) is 5.82 Å². The third-order valence-electron chi connectivity index (χ3n) is 4.02. The van der Waals surface area contributed by atoms with Gasteiger partial charge in [0, 0.05) is 18.2 Å². The van der Waals surface area contributed by atoms with Crippen LogP contribution in [0.15, 0.2) is 78.3 Å². The van der Waals surface area contributed by atoms with Crippen LogP contribution in [0.25, 0.3) is 11.6 Å². The number of nitrogens with one attached hydrogen (secondary N) is 1. The summed E-state index contributed by atoms with van der Waals surface area (Å²) in [6.45, 7) is 17.6. The molecule has 1 aromatic heterocycles. The highest BCUT2D eigenvalue weighted by atomic mass is 16.5. The van der Waals surface area contributed by atoms with Crippen LogP contribution in [0.3, 0.4) is 0 Å². The smallest absolute Gasteiger partial charge is 0.177 e. The predicted molar refractivity (Wildman–Crippen MR) is 122 cm³/mol. The van der Waals surface area contributed by atoms with E-state index in [-0.39, 0.29) is 6.10 Å². The molecule has 5 heteroatoms. The van der Waals surface area contributed by atoms with Crippen molar-refractivity contribution < 1.29 is 9.47 Å². The van der Waals surface area contributed by atoms with Gasteiger partial charge in [-0.25, -0.2) is 9.98 Å². The molecule has 2 rings (SSSR count). The van der Waals surface area contributed by atoms with Crippen LogP contribution < -0.4 is 0 Å². The Kier molecular flexibility index (Phi) is 8.22. The molecule has 1 heterocycles. The molecule has 1 aromatic rings. The minimum Gasteiger partial charge on any atom is -0.491 e. The van der Waals surface area contributed by atoms with Crippen LogP contribution in [0.5, 0.6) is 0 Å². The van der Waals surface area contributed by atoms with Gasteiger partial charge in [0.05, 0.1) is 11.8 Å². The highest BCUT2D eigenvalue weighted by molar-refractivity contribution is 5.72. The first-order valence-corrected chi connectivity index (χ1v) is 9.58. The summed E-state index contributed by atoms with van der Waals surface area (Å²) in [5, 5.41) is 0. The first kappa shape index (κ1) is 22.0. The van der Waals surface area contributed by atoms with Crippen molar-refractivity contribution in [2.24, 2.45) is 4.99 Å². The molecule has 0 amide bonds. The largest absolute Gasteiger partial charge is 0.491 e. The molecule has 0 saturated heterocycles. The Morgan fingerprint density at radius 2 is 2.10 bits per heavy atom. The molecule has 0 bridgehead atoms.